The van der Waals surface area contributed by atoms with Gasteiger partial charge >= 0.3 is 0 Å². The second kappa shape index (κ2) is 8.55. The first-order valence-corrected chi connectivity index (χ1v) is 8.59. The quantitative estimate of drug-likeness (QED) is 0.745. The summed E-state index contributed by atoms with van der Waals surface area (Å²) >= 11 is 0. The van der Waals surface area contributed by atoms with Crippen LogP contribution < -0.4 is 5.32 Å². The Hall–Kier alpha value is -0.860. The van der Waals surface area contributed by atoms with Crippen LogP contribution in [0, 0.1) is 11.8 Å². The van der Waals surface area contributed by atoms with Crippen LogP contribution >= 0.6 is 0 Å². The van der Waals surface area contributed by atoms with Gasteiger partial charge in [-0.25, -0.2) is 0 Å². The van der Waals surface area contributed by atoms with Crippen molar-refractivity contribution in [3.05, 3.63) is 35.4 Å². The standard InChI is InChI=1S/C19H31NO/c1-4-11-20-13-17-6-8-18(9-7-17)14-21-19-10-5-15(2)16(3)12-19/h6-9,15-16,19-20H,4-5,10-14H2,1-3H3. The molecule has 0 bridgehead atoms. The molecule has 1 aromatic carbocycles. The fraction of sp³-hybridized carbons (Fsp3) is 0.684. The highest BCUT2D eigenvalue weighted by Gasteiger charge is 2.24. The molecule has 1 aliphatic carbocycles. The van der Waals surface area contributed by atoms with Gasteiger partial charge in [0.25, 0.3) is 0 Å². The number of hydrogen-bond donors (Lipinski definition) is 1. The van der Waals surface area contributed by atoms with E-state index in [1.165, 1.54) is 36.8 Å². The van der Waals surface area contributed by atoms with Crippen LogP contribution in [0.5, 0.6) is 0 Å². The van der Waals surface area contributed by atoms with Crippen molar-refractivity contribution >= 4 is 0 Å². The molecule has 1 fully saturated rings. The van der Waals surface area contributed by atoms with Gasteiger partial charge in [0, 0.05) is 6.54 Å². The summed E-state index contributed by atoms with van der Waals surface area (Å²) in [7, 11) is 0. The third-order valence-corrected chi connectivity index (χ3v) is 4.81. The molecule has 0 aromatic heterocycles. The normalized spacial score (nSPS) is 26.0. The van der Waals surface area contributed by atoms with E-state index in [4.69, 9.17) is 4.74 Å². The summed E-state index contributed by atoms with van der Waals surface area (Å²) in [6.45, 7) is 9.73. The number of ether oxygens (including phenoxy) is 1. The minimum atomic E-state index is 0.460. The van der Waals surface area contributed by atoms with Gasteiger partial charge in [-0.2, -0.15) is 0 Å². The van der Waals surface area contributed by atoms with Gasteiger partial charge in [0.1, 0.15) is 0 Å². The zero-order valence-electron chi connectivity index (χ0n) is 13.9. The molecule has 1 N–H and O–H groups in total. The van der Waals surface area contributed by atoms with E-state index in [-0.39, 0.29) is 0 Å². The van der Waals surface area contributed by atoms with Crippen molar-refractivity contribution in [1.82, 2.24) is 5.32 Å². The van der Waals surface area contributed by atoms with E-state index in [1.54, 1.807) is 0 Å². The predicted molar refractivity (Wildman–Crippen MR) is 89.2 cm³/mol. The lowest BCUT2D eigenvalue weighted by atomic mass is 9.80. The first-order valence-electron chi connectivity index (χ1n) is 8.59. The first kappa shape index (κ1) is 16.5. The van der Waals surface area contributed by atoms with Gasteiger partial charge in [-0.3, -0.25) is 0 Å². The Balaban J connectivity index is 1.73. The molecule has 21 heavy (non-hydrogen) atoms. The maximum atomic E-state index is 6.11. The van der Waals surface area contributed by atoms with Crippen LogP contribution in [0.15, 0.2) is 24.3 Å². The molecule has 1 saturated carbocycles. The minimum Gasteiger partial charge on any atom is -0.374 e. The van der Waals surface area contributed by atoms with E-state index in [1.807, 2.05) is 0 Å². The summed E-state index contributed by atoms with van der Waals surface area (Å²) in [5.41, 5.74) is 2.65. The topological polar surface area (TPSA) is 21.3 Å². The number of nitrogens with one attached hydrogen (secondary N) is 1. The predicted octanol–water partition coefficient (Wildman–Crippen LogP) is 4.53. The van der Waals surface area contributed by atoms with Crippen molar-refractivity contribution in [2.24, 2.45) is 11.8 Å². The average molecular weight is 289 g/mol. The second-order valence-corrected chi connectivity index (χ2v) is 6.69. The maximum absolute atomic E-state index is 6.11. The highest BCUT2D eigenvalue weighted by atomic mass is 16.5. The van der Waals surface area contributed by atoms with Gasteiger partial charge in [-0.1, -0.05) is 45.0 Å². The molecule has 2 rings (SSSR count). The lowest BCUT2D eigenvalue weighted by molar-refractivity contribution is -0.00745. The van der Waals surface area contributed by atoms with Gasteiger partial charge in [-0.15, -0.1) is 0 Å². The fourth-order valence-electron chi connectivity index (χ4n) is 3.03. The summed E-state index contributed by atoms with van der Waals surface area (Å²) in [6.07, 6.45) is 5.41. The van der Waals surface area contributed by atoms with Crippen LogP contribution in [0.1, 0.15) is 57.6 Å². The largest absolute Gasteiger partial charge is 0.374 e. The van der Waals surface area contributed by atoms with E-state index in [0.717, 1.165) is 31.5 Å². The Morgan fingerprint density at radius 2 is 1.76 bits per heavy atom. The van der Waals surface area contributed by atoms with Crippen LogP contribution in [0.3, 0.4) is 0 Å². The number of benzene rings is 1. The van der Waals surface area contributed by atoms with Crippen molar-refractivity contribution < 1.29 is 4.74 Å². The lowest BCUT2D eigenvalue weighted by Crippen LogP contribution is -2.26. The third kappa shape index (κ3) is 5.44. The van der Waals surface area contributed by atoms with E-state index < -0.39 is 0 Å². The average Bonchev–Trinajstić information content (AvgIpc) is 2.50. The maximum Gasteiger partial charge on any atom is 0.0720 e. The lowest BCUT2D eigenvalue weighted by Gasteiger charge is -2.32. The van der Waals surface area contributed by atoms with Crippen molar-refractivity contribution in [2.45, 2.75) is 65.7 Å². The van der Waals surface area contributed by atoms with E-state index in [2.05, 4.69) is 50.4 Å². The SMILES string of the molecule is CCCNCc1ccc(COC2CCC(C)C(C)C2)cc1. The van der Waals surface area contributed by atoms with Crippen molar-refractivity contribution in [3.63, 3.8) is 0 Å². The molecule has 0 spiro atoms. The molecule has 0 amide bonds. The molecular weight excluding hydrogens is 258 g/mol. The van der Waals surface area contributed by atoms with Crippen LogP contribution in [-0.2, 0) is 17.9 Å². The van der Waals surface area contributed by atoms with E-state index in [9.17, 15) is 0 Å². The summed E-state index contributed by atoms with van der Waals surface area (Å²) in [5.74, 6) is 1.66. The molecule has 1 aliphatic rings. The molecule has 3 atom stereocenters. The van der Waals surface area contributed by atoms with E-state index in [0.29, 0.717) is 6.10 Å². The van der Waals surface area contributed by atoms with Crippen molar-refractivity contribution in [2.75, 3.05) is 6.54 Å². The van der Waals surface area contributed by atoms with Crippen LogP contribution in [0.2, 0.25) is 0 Å². The van der Waals surface area contributed by atoms with Gasteiger partial charge in [-0.05, 0) is 55.2 Å². The highest BCUT2D eigenvalue weighted by Crippen LogP contribution is 2.31. The second-order valence-electron chi connectivity index (χ2n) is 6.69. The zero-order chi connectivity index (χ0) is 15.1. The smallest absolute Gasteiger partial charge is 0.0720 e. The van der Waals surface area contributed by atoms with Crippen molar-refractivity contribution in [3.8, 4) is 0 Å². The number of rotatable bonds is 7. The van der Waals surface area contributed by atoms with Crippen LogP contribution in [-0.4, -0.2) is 12.6 Å². The molecule has 1 aromatic rings. The van der Waals surface area contributed by atoms with Crippen LogP contribution in [0.4, 0.5) is 0 Å². The molecule has 3 unspecified atom stereocenters. The molecular formula is C19H31NO. The highest BCUT2D eigenvalue weighted by molar-refractivity contribution is 5.21. The number of hydrogen-bond acceptors (Lipinski definition) is 2. The summed E-state index contributed by atoms with van der Waals surface area (Å²) in [4.78, 5) is 0. The Morgan fingerprint density at radius 3 is 2.43 bits per heavy atom. The van der Waals surface area contributed by atoms with Gasteiger partial charge in [0.15, 0.2) is 0 Å². The van der Waals surface area contributed by atoms with Gasteiger partial charge in [0.2, 0.25) is 0 Å². The Morgan fingerprint density at radius 1 is 1.05 bits per heavy atom. The summed E-state index contributed by atoms with van der Waals surface area (Å²) in [5, 5.41) is 3.43. The molecule has 2 heteroatoms. The van der Waals surface area contributed by atoms with Crippen LogP contribution in [0.25, 0.3) is 0 Å². The summed E-state index contributed by atoms with van der Waals surface area (Å²) in [6, 6.07) is 8.84. The summed E-state index contributed by atoms with van der Waals surface area (Å²) < 4.78 is 6.11. The van der Waals surface area contributed by atoms with Gasteiger partial charge in [0.05, 0.1) is 12.7 Å². The molecule has 0 aliphatic heterocycles. The third-order valence-electron chi connectivity index (χ3n) is 4.81. The Kier molecular flexibility index (Phi) is 6.72. The molecule has 0 radical (unpaired) electrons. The van der Waals surface area contributed by atoms with Crippen molar-refractivity contribution in [1.29, 1.82) is 0 Å². The van der Waals surface area contributed by atoms with Gasteiger partial charge < -0.3 is 10.1 Å². The molecule has 118 valence electrons. The molecule has 0 heterocycles. The molecule has 2 nitrogen and oxygen atoms in total. The Bertz CT molecular complexity index is 401. The fourth-order valence-corrected chi connectivity index (χ4v) is 3.03. The van der Waals surface area contributed by atoms with E-state index >= 15 is 0 Å². The Labute approximate surface area is 130 Å². The minimum absolute atomic E-state index is 0.460. The molecule has 0 saturated heterocycles. The first-order chi connectivity index (χ1) is 10.2. The monoisotopic (exact) mass is 289 g/mol. The zero-order valence-corrected chi connectivity index (χ0v) is 13.9.